The van der Waals surface area contributed by atoms with Gasteiger partial charge in [0.25, 0.3) is 0 Å². The SMILES string of the molecule is COc1cccc(CCn2ccc3c(I)nc4ccccc4c32)c1. The Kier molecular flexibility index (Phi) is 4.14. The Bertz CT molecular complexity index is 1020. The molecule has 4 aromatic rings. The minimum Gasteiger partial charge on any atom is -0.497 e. The smallest absolute Gasteiger partial charge is 0.119 e. The largest absolute Gasteiger partial charge is 0.497 e. The molecule has 0 bridgehead atoms. The van der Waals surface area contributed by atoms with Gasteiger partial charge in [-0.15, -0.1) is 0 Å². The van der Waals surface area contributed by atoms with E-state index < -0.39 is 0 Å². The first-order chi connectivity index (χ1) is 11.8. The number of para-hydroxylation sites is 1. The van der Waals surface area contributed by atoms with E-state index in [4.69, 9.17) is 9.72 Å². The van der Waals surface area contributed by atoms with Gasteiger partial charge in [-0.05, 0) is 58.8 Å². The number of nitrogens with zero attached hydrogens (tertiary/aromatic N) is 2. The van der Waals surface area contributed by atoms with Crippen LogP contribution in [0.25, 0.3) is 21.8 Å². The first-order valence-corrected chi connectivity index (χ1v) is 9.00. The molecule has 2 aromatic heterocycles. The van der Waals surface area contributed by atoms with Crippen LogP contribution in [0.2, 0.25) is 0 Å². The molecule has 0 saturated heterocycles. The van der Waals surface area contributed by atoms with Gasteiger partial charge < -0.3 is 9.30 Å². The first kappa shape index (κ1) is 15.4. The number of pyridine rings is 1. The van der Waals surface area contributed by atoms with Crippen molar-refractivity contribution in [2.75, 3.05) is 7.11 Å². The molecule has 0 unspecified atom stereocenters. The summed E-state index contributed by atoms with van der Waals surface area (Å²) < 4.78 is 8.71. The minimum absolute atomic E-state index is 0.911. The van der Waals surface area contributed by atoms with Gasteiger partial charge in [-0.3, -0.25) is 0 Å². The average molecular weight is 428 g/mol. The van der Waals surface area contributed by atoms with Crippen LogP contribution >= 0.6 is 22.6 Å². The summed E-state index contributed by atoms with van der Waals surface area (Å²) in [4.78, 5) is 4.71. The van der Waals surface area contributed by atoms with Crippen molar-refractivity contribution in [3.8, 4) is 5.75 Å². The monoisotopic (exact) mass is 428 g/mol. The van der Waals surface area contributed by atoms with Crippen LogP contribution in [0, 0.1) is 3.70 Å². The van der Waals surface area contributed by atoms with Crippen molar-refractivity contribution in [2.45, 2.75) is 13.0 Å². The fourth-order valence-electron chi connectivity index (χ4n) is 3.14. The molecule has 0 radical (unpaired) electrons. The van der Waals surface area contributed by atoms with Gasteiger partial charge in [0.15, 0.2) is 0 Å². The van der Waals surface area contributed by atoms with E-state index in [9.17, 15) is 0 Å². The lowest BCUT2D eigenvalue weighted by Crippen LogP contribution is -2.01. The zero-order chi connectivity index (χ0) is 16.5. The quantitative estimate of drug-likeness (QED) is 0.336. The van der Waals surface area contributed by atoms with Crippen LogP contribution in [-0.4, -0.2) is 16.7 Å². The summed E-state index contributed by atoms with van der Waals surface area (Å²) in [7, 11) is 1.71. The summed E-state index contributed by atoms with van der Waals surface area (Å²) >= 11 is 2.33. The molecule has 4 heteroatoms. The maximum atomic E-state index is 5.32. The average Bonchev–Trinajstić information content (AvgIpc) is 3.05. The van der Waals surface area contributed by atoms with Crippen LogP contribution in [0.15, 0.2) is 60.8 Å². The number of rotatable bonds is 4. The maximum Gasteiger partial charge on any atom is 0.119 e. The second-order valence-corrected chi connectivity index (χ2v) is 6.81. The summed E-state index contributed by atoms with van der Waals surface area (Å²) in [6.07, 6.45) is 3.13. The Morgan fingerprint density at radius 2 is 1.92 bits per heavy atom. The molecule has 4 rings (SSSR count). The van der Waals surface area contributed by atoms with Crippen LogP contribution in [0.4, 0.5) is 0 Å². The molecule has 120 valence electrons. The van der Waals surface area contributed by atoms with E-state index >= 15 is 0 Å². The van der Waals surface area contributed by atoms with Crippen molar-refractivity contribution in [1.29, 1.82) is 0 Å². The van der Waals surface area contributed by atoms with E-state index in [0.29, 0.717) is 0 Å². The van der Waals surface area contributed by atoms with Crippen molar-refractivity contribution >= 4 is 44.4 Å². The van der Waals surface area contributed by atoms with Crippen molar-refractivity contribution in [3.63, 3.8) is 0 Å². The Balaban J connectivity index is 1.74. The highest BCUT2D eigenvalue weighted by Gasteiger charge is 2.10. The van der Waals surface area contributed by atoms with Gasteiger partial charge in [-0.2, -0.15) is 0 Å². The predicted molar refractivity (Wildman–Crippen MR) is 107 cm³/mol. The Morgan fingerprint density at radius 1 is 1.04 bits per heavy atom. The molecule has 0 fully saturated rings. The molecular weight excluding hydrogens is 411 g/mol. The highest BCUT2D eigenvalue weighted by molar-refractivity contribution is 14.1. The Hall–Kier alpha value is -2.08. The summed E-state index contributed by atoms with van der Waals surface area (Å²) in [5.41, 5.74) is 3.60. The molecule has 0 aliphatic rings. The van der Waals surface area contributed by atoms with Crippen molar-refractivity contribution < 1.29 is 4.74 Å². The summed E-state index contributed by atoms with van der Waals surface area (Å²) in [5.74, 6) is 0.911. The lowest BCUT2D eigenvalue weighted by atomic mass is 10.1. The van der Waals surface area contributed by atoms with Crippen LogP contribution in [-0.2, 0) is 13.0 Å². The number of methoxy groups -OCH3 is 1. The fraction of sp³-hybridized carbons (Fsp3) is 0.150. The molecule has 0 atom stereocenters. The van der Waals surface area contributed by atoms with E-state index in [1.54, 1.807) is 7.11 Å². The van der Waals surface area contributed by atoms with Gasteiger partial charge in [0, 0.05) is 23.5 Å². The number of aryl methyl sites for hydroxylation is 2. The molecule has 3 nitrogen and oxygen atoms in total. The molecule has 0 saturated carbocycles. The second kappa shape index (κ2) is 6.43. The molecule has 0 N–H and O–H groups in total. The number of halogens is 1. The van der Waals surface area contributed by atoms with Crippen molar-refractivity contribution in [1.82, 2.24) is 9.55 Å². The summed E-state index contributed by atoms with van der Waals surface area (Å²) in [6, 6.07) is 18.8. The third kappa shape index (κ3) is 2.75. The first-order valence-electron chi connectivity index (χ1n) is 7.92. The molecule has 0 spiro atoms. The van der Waals surface area contributed by atoms with E-state index in [2.05, 4.69) is 69.8 Å². The molecule has 0 aliphatic carbocycles. The minimum atomic E-state index is 0.911. The van der Waals surface area contributed by atoms with E-state index in [1.165, 1.54) is 21.9 Å². The molecule has 0 aliphatic heterocycles. The van der Waals surface area contributed by atoms with Crippen LogP contribution in [0.1, 0.15) is 5.56 Å². The molecular formula is C20H17IN2O. The number of fused-ring (bicyclic) bond motifs is 3. The number of benzene rings is 2. The second-order valence-electron chi connectivity index (χ2n) is 5.79. The number of hydrogen-bond donors (Lipinski definition) is 0. The number of ether oxygens (including phenoxy) is 1. The van der Waals surface area contributed by atoms with Gasteiger partial charge in [-0.1, -0.05) is 30.3 Å². The number of aromatic nitrogens is 2. The van der Waals surface area contributed by atoms with E-state index in [0.717, 1.165) is 27.9 Å². The Morgan fingerprint density at radius 3 is 2.79 bits per heavy atom. The third-order valence-electron chi connectivity index (χ3n) is 4.34. The lowest BCUT2D eigenvalue weighted by Gasteiger charge is -2.09. The van der Waals surface area contributed by atoms with E-state index in [1.807, 2.05) is 18.2 Å². The van der Waals surface area contributed by atoms with Crippen molar-refractivity contribution in [3.05, 3.63) is 70.1 Å². The lowest BCUT2D eigenvalue weighted by molar-refractivity contribution is 0.414. The predicted octanol–water partition coefficient (Wildman–Crippen LogP) is 5.05. The fourth-order valence-corrected chi connectivity index (χ4v) is 3.84. The summed E-state index contributed by atoms with van der Waals surface area (Å²) in [6.45, 7) is 0.931. The summed E-state index contributed by atoms with van der Waals surface area (Å²) in [5, 5.41) is 2.43. The third-order valence-corrected chi connectivity index (χ3v) is 5.16. The normalized spacial score (nSPS) is 11.2. The molecule has 2 heterocycles. The highest BCUT2D eigenvalue weighted by atomic mass is 127. The number of hydrogen-bond acceptors (Lipinski definition) is 2. The van der Waals surface area contributed by atoms with Crippen molar-refractivity contribution in [2.24, 2.45) is 0 Å². The molecule has 24 heavy (non-hydrogen) atoms. The van der Waals surface area contributed by atoms with Crippen LogP contribution in [0.3, 0.4) is 0 Å². The maximum absolute atomic E-state index is 5.32. The standard InChI is InChI=1S/C20H17IN2O/c1-24-15-6-4-5-14(13-15)9-11-23-12-10-17-19(23)16-7-2-3-8-18(16)22-20(17)21/h2-8,10,12-13H,9,11H2,1H3. The van der Waals surface area contributed by atoms with Gasteiger partial charge in [0.05, 0.1) is 18.1 Å². The van der Waals surface area contributed by atoms with Crippen LogP contribution < -0.4 is 4.74 Å². The van der Waals surface area contributed by atoms with Gasteiger partial charge in [-0.25, -0.2) is 4.98 Å². The molecule has 0 amide bonds. The highest BCUT2D eigenvalue weighted by Crippen LogP contribution is 2.28. The van der Waals surface area contributed by atoms with Gasteiger partial charge >= 0.3 is 0 Å². The molecule has 2 aromatic carbocycles. The zero-order valence-electron chi connectivity index (χ0n) is 13.4. The van der Waals surface area contributed by atoms with Gasteiger partial charge in [0.1, 0.15) is 9.45 Å². The topological polar surface area (TPSA) is 27.1 Å². The van der Waals surface area contributed by atoms with Gasteiger partial charge in [0.2, 0.25) is 0 Å². The van der Waals surface area contributed by atoms with Crippen LogP contribution in [0.5, 0.6) is 5.75 Å². The van der Waals surface area contributed by atoms with E-state index in [-0.39, 0.29) is 0 Å². The zero-order valence-corrected chi connectivity index (χ0v) is 15.5. The Labute approximate surface area is 154 Å².